The first-order chi connectivity index (χ1) is 10.8. The van der Waals surface area contributed by atoms with E-state index >= 15 is 0 Å². The number of likely N-dealkylation sites (tertiary alicyclic amines) is 1. The molecule has 0 saturated carbocycles. The van der Waals surface area contributed by atoms with Gasteiger partial charge in [-0.25, -0.2) is 4.98 Å². The predicted molar refractivity (Wildman–Crippen MR) is 87.7 cm³/mol. The summed E-state index contributed by atoms with van der Waals surface area (Å²) in [6.45, 7) is 4.00. The van der Waals surface area contributed by atoms with E-state index < -0.39 is 0 Å². The molecule has 0 spiro atoms. The molecular formula is C17H19N3OS. The normalized spacial score (nSPS) is 19.0. The number of nitrogens with one attached hydrogen (secondary N) is 1. The number of aryl methyl sites for hydroxylation is 1. The highest BCUT2D eigenvalue weighted by Crippen LogP contribution is 2.33. The summed E-state index contributed by atoms with van der Waals surface area (Å²) in [5.41, 5.74) is 2.45. The largest absolute Gasteiger partial charge is 0.459 e. The molecule has 1 saturated heterocycles. The number of aromatic amines is 1. The molecule has 1 atom stereocenters. The lowest BCUT2D eigenvalue weighted by atomic mass is 10.1. The zero-order chi connectivity index (χ0) is 14.9. The summed E-state index contributed by atoms with van der Waals surface area (Å²) >= 11 is 1.66. The van der Waals surface area contributed by atoms with E-state index in [-0.39, 0.29) is 0 Å². The zero-order valence-electron chi connectivity index (χ0n) is 12.6. The van der Waals surface area contributed by atoms with Crippen LogP contribution in [0.4, 0.5) is 0 Å². The fourth-order valence-corrected chi connectivity index (χ4v) is 3.94. The summed E-state index contributed by atoms with van der Waals surface area (Å²) in [6.07, 6.45) is 4.47. The zero-order valence-corrected chi connectivity index (χ0v) is 13.4. The van der Waals surface area contributed by atoms with E-state index in [0.29, 0.717) is 6.04 Å². The third-order valence-corrected chi connectivity index (χ3v) is 5.12. The van der Waals surface area contributed by atoms with Gasteiger partial charge in [0.05, 0.1) is 11.7 Å². The van der Waals surface area contributed by atoms with Gasteiger partial charge in [0.15, 0.2) is 10.8 Å². The van der Waals surface area contributed by atoms with Crippen LogP contribution in [-0.4, -0.2) is 21.4 Å². The second kappa shape index (κ2) is 5.74. The maximum Gasteiger partial charge on any atom is 0.162 e. The number of furan rings is 1. The van der Waals surface area contributed by atoms with Crippen LogP contribution in [0.5, 0.6) is 0 Å². The van der Waals surface area contributed by atoms with Crippen molar-refractivity contribution in [3.8, 4) is 10.8 Å². The molecule has 5 heteroatoms. The van der Waals surface area contributed by atoms with Crippen molar-refractivity contribution in [1.29, 1.82) is 0 Å². The number of hydrogen-bond acceptors (Lipinski definition) is 4. The summed E-state index contributed by atoms with van der Waals surface area (Å²) in [6, 6.07) is 8.73. The van der Waals surface area contributed by atoms with E-state index in [0.717, 1.165) is 35.3 Å². The Balaban J connectivity index is 1.50. The average molecular weight is 313 g/mol. The molecule has 0 bridgehead atoms. The Labute approximate surface area is 133 Å². The fourth-order valence-electron chi connectivity index (χ4n) is 3.17. The van der Waals surface area contributed by atoms with Crippen LogP contribution in [0.15, 0.2) is 40.3 Å². The number of aromatic nitrogens is 2. The van der Waals surface area contributed by atoms with Gasteiger partial charge in [-0.3, -0.25) is 4.90 Å². The van der Waals surface area contributed by atoms with Crippen molar-refractivity contribution in [2.75, 3.05) is 6.54 Å². The lowest BCUT2D eigenvalue weighted by Gasteiger charge is -2.22. The van der Waals surface area contributed by atoms with Crippen LogP contribution >= 0.6 is 11.3 Å². The van der Waals surface area contributed by atoms with Crippen molar-refractivity contribution < 1.29 is 4.42 Å². The van der Waals surface area contributed by atoms with Gasteiger partial charge in [0.25, 0.3) is 0 Å². The molecule has 1 aliphatic heterocycles. The molecule has 1 fully saturated rings. The van der Waals surface area contributed by atoms with Crippen molar-refractivity contribution in [2.45, 2.75) is 32.4 Å². The van der Waals surface area contributed by atoms with Crippen LogP contribution in [0.3, 0.4) is 0 Å². The molecule has 4 nitrogen and oxygen atoms in total. The lowest BCUT2D eigenvalue weighted by Crippen LogP contribution is -2.23. The smallest absolute Gasteiger partial charge is 0.162 e. The minimum Gasteiger partial charge on any atom is -0.459 e. The Morgan fingerprint density at radius 1 is 1.41 bits per heavy atom. The topological polar surface area (TPSA) is 45.1 Å². The molecule has 0 aliphatic carbocycles. The lowest BCUT2D eigenvalue weighted by molar-refractivity contribution is 0.242. The van der Waals surface area contributed by atoms with Gasteiger partial charge in [0.2, 0.25) is 0 Å². The maximum atomic E-state index is 5.66. The summed E-state index contributed by atoms with van der Waals surface area (Å²) in [4.78, 5) is 10.6. The van der Waals surface area contributed by atoms with E-state index in [4.69, 9.17) is 9.40 Å². The first-order valence-electron chi connectivity index (χ1n) is 7.68. The second-order valence-electron chi connectivity index (χ2n) is 5.81. The number of nitrogens with zero attached hydrogens (tertiary/aromatic N) is 2. The van der Waals surface area contributed by atoms with E-state index in [1.54, 1.807) is 11.3 Å². The highest BCUT2D eigenvalue weighted by atomic mass is 32.1. The minimum absolute atomic E-state index is 0.492. The molecule has 22 heavy (non-hydrogen) atoms. The van der Waals surface area contributed by atoms with Gasteiger partial charge in [-0.1, -0.05) is 0 Å². The summed E-state index contributed by atoms with van der Waals surface area (Å²) < 4.78 is 5.66. The second-order valence-corrected chi connectivity index (χ2v) is 6.67. The molecule has 0 aromatic carbocycles. The summed E-state index contributed by atoms with van der Waals surface area (Å²) in [7, 11) is 0. The molecule has 0 radical (unpaired) electrons. The summed E-state index contributed by atoms with van der Waals surface area (Å²) in [5, 5.41) is 3.12. The number of hydrogen-bond donors (Lipinski definition) is 1. The minimum atomic E-state index is 0.492. The maximum absolute atomic E-state index is 5.66. The van der Waals surface area contributed by atoms with Gasteiger partial charge in [-0.2, -0.15) is 0 Å². The number of rotatable bonds is 4. The van der Waals surface area contributed by atoms with Gasteiger partial charge >= 0.3 is 0 Å². The van der Waals surface area contributed by atoms with Crippen LogP contribution in [0.25, 0.3) is 10.8 Å². The molecule has 3 aromatic rings. The molecule has 1 N–H and O–H groups in total. The molecule has 0 amide bonds. The van der Waals surface area contributed by atoms with Gasteiger partial charge < -0.3 is 9.40 Å². The van der Waals surface area contributed by atoms with E-state index in [9.17, 15) is 0 Å². The van der Waals surface area contributed by atoms with Crippen LogP contribution in [-0.2, 0) is 6.54 Å². The Hall–Kier alpha value is -1.85. The Bertz CT molecular complexity index is 744. The molecule has 1 aliphatic rings. The van der Waals surface area contributed by atoms with Gasteiger partial charge in [0, 0.05) is 23.8 Å². The quantitative estimate of drug-likeness (QED) is 0.777. The third kappa shape index (κ3) is 2.62. The van der Waals surface area contributed by atoms with Crippen molar-refractivity contribution >= 4 is 11.3 Å². The predicted octanol–water partition coefficient (Wildman–Crippen LogP) is 4.38. The molecule has 114 valence electrons. The van der Waals surface area contributed by atoms with Crippen molar-refractivity contribution in [3.05, 3.63) is 53.0 Å². The SMILES string of the molecule is Cc1ccc(-c2nc(CN3CCC[C@H]3c3ccc[nH]3)cs2)o1. The number of H-pyrrole nitrogens is 1. The van der Waals surface area contributed by atoms with Crippen molar-refractivity contribution in [1.82, 2.24) is 14.9 Å². The van der Waals surface area contributed by atoms with Crippen LogP contribution in [0.1, 0.15) is 36.0 Å². The highest BCUT2D eigenvalue weighted by molar-refractivity contribution is 7.13. The highest BCUT2D eigenvalue weighted by Gasteiger charge is 2.27. The van der Waals surface area contributed by atoms with Crippen molar-refractivity contribution in [2.24, 2.45) is 0 Å². The average Bonchev–Trinajstić information content (AvgIpc) is 3.25. The molecule has 0 unspecified atom stereocenters. The van der Waals surface area contributed by atoms with Gasteiger partial charge in [-0.05, 0) is 50.6 Å². The van der Waals surface area contributed by atoms with E-state index in [1.807, 2.05) is 25.3 Å². The molecule has 4 rings (SSSR count). The molecule has 4 heterocycles. The fraction of sp³-hybridized carbons (Fsp3) is 0.353. The third-order valence-electron chi connectivity index (χ3n) is 4.21. The monoisotopic (exact) mass is 313 g/mol. The first kappa shape index (κ1) is 13.8. The van der Waals surface area contributed by atoms with Crippen LogP contribution in [0, 0.1) is 6.92 Å². The van der Waals surface area contributed by atoms with E-state index in [2.05, 4.69) is 27.4 Å². The molecular weight excluding hydrogens is 294 g/mol. The Morgan fingerprint density at radius 3 is 3.14 bits per heavy atom. The van der Waals surface area contributed by atoms with Gasteiger partial charge in [0.1, 0.15) is 5.76 Å². The standard InChI is InChI=1S/C17H19N3OS/c1-12-6-7-16(21-12)17-19-13(11-22-17)10-20-9-3-5-15(20)14-4-2-8-18-14/h2,4,6-8,11,15,18H,3,5,9-10H2,1H3/t15-/m0/s1. The number of thiazole rings is 1. The van der Waals surface area contributed by atoms with E-state index in [1.165, 1.54) is 18.5 Å². The first-order valence-corrected chi connectivity index (χ1v) is 8.56. The van der Waals surface area contributed by atoms with Gasteiger partial charge in [-0.15, -0.1) is 11.3 Å². The van der Waals surface area contributed by atoms with Crippen LogP contribution in [0.2, 0.25) is 0 Å². The van der Waals surface area contributed by atoms with Crippen molar-refractivity contribution in [3.63, 3.8) is 0 Å². The van der Waals surface area contributed by atoms with Crippen LogP contribution < -0.4 is 0 Å². The Kier molecular flexibility index (Phi) is 3.60. The molecule has 3 aromatic heterocycles. The summed E-state index contributed by atoms with van der Waals surface area (Å²) in [5.74, 6) is 1.80. The Morgan fingerprint density at radius 2 is 2.36 bits per heavy atom.